The van der Waals surface area contributed by atoms with Crippen LogP contribution >= 0.6 is 0 Å². The summed E-state index contributed by atoms with van der Waals surface area (Å²) in [7, 11) is 0. The number of unbranched alkanes of at least 4 members (excludes halogenated alkanes) is 1. The third-order valence-electron chi connectivity index (χ3n) is 16.1. The van der Waals surface area contributed by atoms with Crippen molar-refractivity contribution in [1.29, 1.82) is 0 Å². The van der Waals surface area contributed by atoms with Crippen LogP contribution in [0.3, 0.4) is 0 Å². The molecular weight excluding hydrogens is 613 g/mol. The fraction of sp³-hybridized carbons (Fsp3) is 1.00. The van der Waals surface area contributed by atoms with Gasteiger partial charge in [-0.2, -0.15) is 0 Å². The standard InChI is InChI=1S/C39H72.6C2H6/c1-14-18-19-24(5)20-31-21-30(15-2)33-22-37(11)23-38(12)34(17-4)26(7)32(16-3)28(9)39(38,13)29(10)36(37)27(8)35(33)25(31)6;6*1-2/h24-36H,14-23H2,1-13H3;6*1-2H3. The first kappa shape index (κ1) is 55.3. The Morgan fingerprint density at radius 1 is 0.608 bits per heavy atom. The van der Waals surface area contributed by atoms with Crippen LogP contribution in [0.25, 0.3) is 0 Å². The zero-order chi connectivity index (χ0) is 41.1. The molecule has 312 valence electrons. The molecule has 0 aliphatic heterocycles. The van der Waals surface area contributed by atoms with Crippen LogP contribution in [-0.2, 0) is 0 Å². The van der Waals surface area contributed by atoms with E-state index < -0.39 is 0 Å². The molecule has 0 spiro atoms. The van der Waals surface area contributed by atoms with E-state index in [4.69, 9.17) is 0 Å². The van der Waals surface area contributed by atoms with Crippen LogP contribution < -0.4 is 0 Å². The molecule has 0 N–H and O–H groups in total. The van der Waals surface area contributed by atoms with E-state index in [1.54, 1.807) is 0 Å². The molecule has 16 atom stereocenters. The van der Waals surface area contributed by atoms with Crippen molar-refractivity contribution in [3.63, 3.8) is 0 Å². The van der Waals surface area contributed by atoms with Crippen molar-refractivity contribution in [2.75, 3.05) is 0 Å². The fourth-order valence-electron chi connectivity index (χ4n) is 14.4. The lowest BCUT2D eigenvalue weighted by Crippen LogP contribution is -2.69. The van der Waals surface area contributed by atoms with E-state index in [0.29, 0.717) is 16.2 Å². The molecule has 0 aromatic heterocycles. The van der Waals surface area contributed by atoms with E-state index >= 15 is 0 Å². The first-order valence-electron chi connectivity index (χ1n) is 24.3. The first-order valence-corrected chi connectivity index (χ1v) is 24.3. The highest BCUT2D eigenvalue weighted by Gasteiger charge is 2.70. The second kappa shape index (κ2) is 26.7. The van der Waals surface area contributed by atoms with Gasteiger partial charge in [-0.1, -0.05) is 212 Å². The van der Waals surface area contributed by atoms with Crippen molar-refractivity contribution in [3.05, 3.63) is 0 Å². The summed E-state index contributed by atoms with van der Waals surface area (Å²) in [5, 5.41) is 0. The smallest absolute Gasteiger partial charge is 0.0212 e. The van der Waals surface area contributed by atoms with Gasteiger partial charge in [-0.3, -0.25) is 0 Å². The van der Waals surface area contributed by atoms with Gasteiger partial charge in [-0.15, -0.1) is 0 Å². The zero-order valence-electron chi connectivity index (χ0n) is 41.1. The molecule has 4 rings (SSSR count). The first-order chi connectivity index (χ1) is 24.3. The van der Waals surface area contributed by atoms with Gasteiger partial charge in [0, 0.05) is 0 Å². The predicted molar refractivity (Wildman–Crippen MR) is 241 cm³/mol. The minimum Gasteiger partial charge on any atom is -0.0683 e. The molecule has 4 saturated carbocycles. The fourth-order valence-corrected chi connectivity index (χ4v) is 14.4. The van der Waals surface area contributed by atoms with E-state index in [9.17, 15) is 0 Å². The maximum Gasteiger partial charge on any atom is -0.0212 e. The van der Waals surface area contributed by atoms with E-state index in [2.05, 4.69) is 90.0 Å². The Morgan fingerprint density at radius 2 is 1.12 bits per heavy atom. The molecular formula is C51H108. The van der Waals surface area contributed by atoms with Crippen LogP contribution in [0, 0.1) is 93.2 Å². The summed E-state index contributed by atoms with van der Waals surface area (Å²) in [6, 6.07) is 0. The number of fused-ring (bicyclic) bond motifs is 3. The average molecular weight is 721 g/mol. The van der Waals surface area contributed by atoms with Crippen LogP contribution in [0.1, 0.15) is 237 Å². The van der Waals surface area contributed by atoms with Crippen LogP contribution in [0.15, 0.2) is 0 Å². The minimum absolute atomic E-state index is 0.447. The maximum absolute atomic E-state index is 2.82. The summed E-state index contributed by atoms with van der Waals surface area (Å²) < 4.78 is 0. The highest BCUT2D eigenvalue weighted by molar-refractivity contribution is 5.18. The molecule has 0 nitrogen and oxygen atoms in total. The van der Waals surface area contributed by atoms with Gasteiger partial charge in [-0.25, -0.2) is 0 Å². The lowest BCUT2D eigenvalue weighted by Gasteiger charge is -2.75. The Morgan fingerprint density at radius 3 is 1.55 bits per heavy atom. The minimum atomic E-state index is 0.447. The number of hydrogen-bond donors (Lipinski definition) is 0. The summed E-state index contributed by atoms with van der Waals surface area (Å²) in [5.41, 5.74) is 1.42. The van der Waals surface area contributed by atoms with Crippen molar-refractivity contribution in [3.8, 4) is 0 Å². The van der Waals surface area contributed by atoms with Gasteiger partial charge in [0.1, 0.15) is 0 Å². The lowest BCUT2D eigenvalue weighted by molar-refractivity contribution is -0.268. The number of hydrogen-bond acceptors (Lipinski definition) is 0. The summed E-state index contributed by atoms with van der Waals surface area (Å²) >= 11 is 0. The molecule has 0 aromatic carbocycles. The molecule has 0 heteroatoms. The Labute approximate surface area is 329 Å². The van der Waals surface area contributed by atoms with Gasteiger partial charge in [0.05, 0.1) is 0 Å². The van der Waals surface area contributed by atoms with Crippen LogP contribution in [-0.4, -0.2) is 0 Å². The van der Waals surface area contributed by atoms with Gasteiger partial charge in [0.2, 0.25) is 0 Å². The highest BCUT2D eigenvalue weighted by Crippen LogP contribution is 2.76. The Balaban J connectivity index is -0.00000174. The molecule has 16 unspecified atom stereocenters. The van der Waals surface area contributed by atoms with E-state index in [-0.39, 0.29) is 0 Å². The molecule has 0 saturated heterocycles. The van der Waals surface area contributed by atoms with Gasteiger partial charge in [-0.05, 0) is 119 Å². The molecule has 4 fully saturated rings. The zero-order valence-corrected chi connectivity index (χ0v) is 41.1. The van der Waals surface area contributed by atoms with Crippen molar-refractivity contribution in [2.45, 2.75) is 237 Å². The van der Waals surface area contributed by atoms with Crippen LogP contribution in [0.2, 0.25) is 0 Å². The molecule has 0 heterocycles. The molecule has 4 aliphatic rings. The third-order valence-corrected chi connectivity index (χ3v) is 16.1. The van der Waals surface area contributed by atoms with E-state index in [0.717, 1.165) is 76.9 Å². The molecule has 51 heavy (non-hydrogen) atoms. The van der Waals surface area contributed by atoms with Gasteiger partial charge < -0.3 is 0 Å². The van der Waals surface area contributed by atoms with E-state index in [1.807, 2.05) is 83.1 Å². The van der Waals surface area contributed by atoms with Crippen LogP contribution in [0.4, 0.5) is 0 Å². The van der Waals surface area contributed by atoms with Crippen molar-refractivity contribution >= 4 is 0 Å². The Hall–Kier alpha value is 0. The molecule has 4 aliphatic carbocycles. The van der Waals surface area contributed by atoms with E-state index in [1.165, 1.54) is 64.2 Å². The van der Waals surface area contributed by atoms with Crippen molar-refractivity contribution in [2.24, 2.45) is 93.2 Å². The summed E-state index contributed by atoms with van der Waals surface area (Å²) in [6.07, 6.45) is 14.4. The maximum atomic E-state index is 2.82. The third kappa shape index (κ3) is 11.1. The van der Waals surface area contributed by atoms with Gasteiger partial charge >= 0.3 is 0 Å². The molecule has 0 bridgehead atoms. The monoisotopic (exact) mass is 721 g/mol. The lowest BCUT2D eigenvalue weighted by atomic mass is 9.30. The second-order valence-corrected chi connectivity index (χ2v) is 17.4. The quantitative estimate of drug-likeness (QED) is 0.234. The Kier molecular flexibility index (Phi) is 29.0. The van der Waals surface area contributed by atoms with Gasteiger partial charge in [0.15, 0.2) is 0 Å². The average Bonchev–Trinajstić information content (AvgIpc) is 3.15. The second-order valence-electron chi connectivity index (χ2n) is 17.4. The highest BCUT2D eigenvalue weighted by atomic mass is 14.7. The SMILES string of the molecule is CC.CC.CC.CC.CC.CC.CCCCC(C)CC1CC(CC)C2CC3(C)CC4(C)C(CC)C(C)C(CC)C(C)C4(C)C(C)C3C(C)C2C1C. The summed E-state index contributed by atoms with van der Waals surface area (Å²) in [6.45, 7) is 58.6. The molecule has 0 amide bonds. The number of rotatable bonds is 8. The largest absolute Gasteiger partial charge is 0.0683 e. The van der Waals surface area contributed by atoms with Crippen molar-refractivity contribution < 1.29 is 0 Å². The predicted octanol–water partition coefficient (Wildman–Crippen LogP) is 18.3. The van der Waals surface area contributed by atoms with Crippen molar-refractivity contribution in [1.82, 2.24) is 0 Å². The molecule has 0 aromatic rings. The van der Waals surface area contributed by atoms with Gasteiger partial charge in [0.25, 0.3) is 0 Å². The van der Waals surface area contributed by atoms with Crippen LogP contribution in [0.5, 0.6) is 0 Å². The summed E-state index contributed by atoms with van der Waals surface area (Å²) in [4.78, 5) is 0. The Bertz CT molecular complexity index is 813. The normalized spacial score (nSPS) is 42.3. The molecule has 0 radical (unpaired) electrons. The summed E-state index contributed by atoms with van der Waals surface area (Å²) in [5.74, 6) is 11.7. The topological polar surface area (TPSA) is 0 Å².